The van der Waals surface area contributed by atoms with E-state index in [2.05, 4.69) is 37.6 Å². The normalized spacial score (nSPS) is 14.8. The predicted molar refractivity (Wildman–Crippen MR) is 81.3 cm³/mol. The highest BCUT2D eigenvalue weighted by atomic mass is 79.9. The molecule has 1 aromatic carbocycles. The van der Waals surface area contributed by atoms with Crippen LogP contribution in [0.5, 0.6) is 0 Å². The maximum Gasteiger partial charge on any atom is 0.191 e. The summed E-state index contributed by atoms with van der Waals surface area (Å²) in [5.74, 6) is 2.25. The van der Waals surface area contributed by atoms with Gasteiger partial charge in [0.05, 0.1) is 0 Å². The van der Waals surface area contributed by atoms with Gasteiger partial charge in [0, 0.05) is 22.7 Å². The van der Waals surface area contributed by atoms with E-state index in [1.807, 2.05) is 0 Å². The number of aromatic nitrogens is 3. The van der Waals surface area contributed by atoms with Crippen LogP contribution in [0.3, 0.4) is 0 Å². The Morgan fingerprint density at radius 3 is 2.85 bits per heavy atom. The maximum atomic E-state index is 13.1. The molecule has 6 heteroatoms. The van der Waals surface area contributed by atoms with Crippen LogP contribution in [0, 0.1) is 5.82 Å². The zero-order chi connectivity index (χ0) is 14.1. The Kier molecular flexibility index (Phi) is 4.12. The molecule has 0 N–H and O–H groups in total. The fourth-order valence-corrected chi connectivity index (χ4v) is 3.82. The van der Waals surface area contributed by atoms with Crippen molar-refractivity contribution in [3.63, 3.8) is 0 Å². The van der Waals surface area contributed by atoms with Crippen molar-refractivity contribution >= 4 is 27.7 Å². The first-order valence-corrected chi connectivity index (χ1v) is 8.46. The summed E-state index contributed by atoms with van der Waals surface area (Å²) in [5, 5.41) is 9.56. The highest BCUT2D eigenvalue weighted by Gasteiger charge is 2.29. The third kappa shape index (κ3) is 2.91. The molecule has 0 spiro atoms. The van der Waals surface area contributed by atoms with Gasteiger partial charge < -0.3 is 4.57 Å². The number of rotatable bonds is 5. The molecule has 3 rings (SSSR count). The molecular formula is C14H15BrFN3S. The van der Waals surface area contributed by atoms with Crippen molar-refractivity contribution in [2.75, 3.05) is 0 Å². The van der Waals surface area contributed by atoms with Gasteiger partial charge in [-0.3, -0.25) is 0 Å². The van der Waals surface area contributed by atoms with E-state index in [-0.39, 0.29) is 5.82 Å². The van der Waals surface area contributed by atoms with Crippen molar-refractivity contribution in [2.45, 2.75) is 43.1 Å². The maximum absolute atomic E-state index is 13.1. The van der Waals surface area contributed by atoms with Gasteiger partial charge in [-0.15, -0.1) is 10.2 Å². The second kappa shape index (κ2) is 5.85. The van der Waals surface area contributed by atoms with Crippen LogP contribution < -0.4 is 0 Å². The molecule has 2 aromatic rings. The van der Waals surface area contributed by atoms with Gasteiger partial charge in [0.15, 0.2) is 5.16 Å². The lowest BCUT2D eigenvalue weighted by molar-refractivity contribution is 0.626. The van der Waals surface area contributed by atoms with Crippen LogP contribution >= 0.6 is 27.7 Å². The molecule has 0 bridgehead atoms. The molecule has 3 nitrogen and oxygen atoms in total. The van der Waals surface area contributed by atoms with E-state index in [9.17, 15) is 4.39 Å². The lowest BCUT2D eigenvalue weighted by Crippen LogP contribution is -2.02. The van der Waals surface area contributed by atoms with E-state index in [1.54, 1.807) is 17.8 Å². The smallest absolute Gasteiger partial charge is 0.191 e. The first-order chi connectivity index (χ1) is 9.69. The van der Waals surface area contributed by atoms with Crippen molar-refractivity contribution in [1.29, 1.82) is 0 Å². The van der Waals surface area contributed by atoms with Crippen LogP contribution in [0.1, 0.15) is 37.1 Å². The van der Waals surface area contributed by atoms with Gasteiger partial charge in [0.25, 0.3) is 0 Å². The number of hydrogen-bond donors (Lipinski definition) is 0. The highest BCUT2D eigenvalue weighted by Crippen LogP contribution is 2.40. The van der Waals surface area contributed by atoms with Crippen LogP contribution in [-0.2, 0) is 12.3 Å². The molecule has 0 aliphatic heterocycles. The lowest BCUT2D eigenvalue weighted by Gasteiger charge is -2.07. The third-order valence-electron chi connectivity index (χ3n) is 3.38. The van der Waals surface area contributed by atoms with Crippen molar-refractivity contribution in [3.05, 3.63) is 39.9 Å². The Labute approximate surface area is 130 Å². The van der Waals surface area contributed by atoms with Crippen molar-refractivity contribution in [1.82, 2.24) is 14.8 Å². The molecule has 1 fully saturated rings. The van der Waals surface area contributed by atoms with Crippen LogP contribution in [0.15, 0.2) is 27.8 Å². The molecule has 0 amide bonds. The van der Waals surface area contributed by atoms with E-state index in [4.69, 9.17) is 0 Å². The summed E-state index contributed by atoms with van der Waals surface area (Å²) in [7, 11) is 0. The fraction of sp³-hybridized carbons (Fsp3) is 0.429. The molecule has 0 saturated heterocycles. The van der Waals surface area contributed by atoms with E-state index in [0.29, 0.717) is 5.92 Å². The van der Waals surface area contributed by atoms with Gasteiger partial charge >= 0.3 is 0 Å². The minimum atomic E-state index is -0.224. The van der Waals surface area contributed by atoms with Crippen LogP contribution in [-0.4, -0.2) is 14.8 Å². The Hall–Kier alpha value is -0.880. The standard InChI is InChI=1S/C14H15BrFN3S/c1-2-19-13(9-3-4-9)17-18-14(19)20-8-10-5-6-11(16)7-12(10)15/h5-7,9H,2-4,8H2,1H3. The Morgan fingerprint density at radius 2 is 2.20 bits per heavy atom. The molecule has 0 radical (unpaired) electrons. The largest absolute Gasteiger partial charge is 0.306 e. The third-order valence-corrected chi connectivity index (χ3v) is 5.13. The van der Waals surface area contributed by atoms with Crippen molar-refractivity contribution in [2.24, 2.45) is 0 Å². The summed E-state index contributed by atoms with van der Waals surface area (Å²) >= 11 is 5.05. The molecule has 1 aliphatic rings. The zero-order valence-corrected chi connectivity index (χ0v) is 13.5. The average Bonchev–Trinajstić information content (AvgIpc) is 3.18. The van der Waals surface area contributed by atoms with Gasteiger partial charge in [0.2, 0.25) is 0 Å². The van der Waals surface area contributed by atoms with Crippen molar-refractivity contribution in [3.8, 4) is 0 Å². The van der Waals surface area contributed by atoms with Crippen molar-refractivity contribution < 1.29 is 4.39 Å². The van der Waals surface area contributed by atoms with Gasteiger partial charge in [-0.1, -0.05) is 33.8 Å². The summed E-state index contributed by atoms with van der Waals surface area (Å²) in [4.78, 5) is 0. The SMILES string of the molecule is CCn1c(SCc2ccc(F)cc2Br)nnc1C1CC1. The molecule has 1 aromatic heterocycles. The molecule has 0 unspecified atom stereocenters. The second-order valence-corrected chi connectivity index (χ2v) is 6.68. The molecule has 106 valence electrons. The number of benzene rings is 1. The summed E-state index contributed by atoms with van der Waals surface area (Å²) in [6.45, 7) is 3.01. The lowest BCUT2D eigenvalue weighted by atomic mass is 10.2. The van der Waals surface area contributed by atoms with Crippen LogP contribution in [0.2, 0.25) is 0 Å². The molecule has 1 saturated carbocycles. The Bertz CT molecular complexity index is 625. The predicted octanol–water partition coefficient (Wildman–Crippen LogP) is 4.37. The van der Waals surface area contributed by atoms with E-state index in [0.717, 1.165) is 33.3 Å². The number of thioether (sulfide) groups is 1. The summed E-state index contributed by atoms with van der Waals surface area (Å²) in [6.07, 6.45) is 2.46. The first-order valence-electron chi connectivity index (χ1n) is 6.69. The minimum absolute atomic E-state index is 0.224. The molecule has 0 atom stereocenters. The molecule has 1 heterocycles. The summed E-state index contributed by atoms with van der Waals surface area (Å²) in [6, 6.07) is 4.79. The first kappa shape index (κ1) is 14.1. The Balaban J connectivity index is 1.74. The monoisotopic (exact) mass is 355 g/mol. The van der Waals surface area contributed by atoms with E-state index >= 15 is 0 Å². The zero-order valence-electron chi connectivity index (χ0n) is 11.1. The number of nitrogens with zero attached hydrogens (tertiary/aromatic N) is 3. The van der Waals surface area contributed by atoms with E-state index in [1.165, 1.54) is 25.0 Å². The quantitative estimate of drug-likeness (QED) is 0.746. The second-order valence-electron chi connectivity index (χ2n) is 4.88. The fourth-order valence-electron chi connectivity index (χ4n) is 2.13. The summed E-state index contributed by atoms with van der Waals surface area (Å²) in [5.41, 5.74) is 1.06. The number of halogens is 2. The minimum Gasteiger partial charge on any atom is -0.306 e. The van der Waals surface area contributed by atoms with Crippen LogP contribution in [0.4, 0.5) is 4.39 Å². The molecule has 20 heavy (non-hydrogen) atoms. The van der Waals surface area contributed by atoms with Gasteiger partial charge in [-0.25, -0.2) is 4.39 Å². The van der Waals surface area contributed by atoms with Gasteiger partial charge in [0.1, 0.15) is 11.6 Å². The Morgan fingerprint density at radius 1 is 1.40 bits per heavy atom. The van der Waals surface area contributed by atoms with Crippen LogP contribution in [0.25, 0.3) is 0 Å². The molecular weight excluding hydrogens is 341 g/mol. The van der Waals surface area contributed by atoms with Gasteiger partial charge in [-0.2, -0.15) is 0 Å². The van der Waals surface area contributed by atoms with E-state index < -0.39 is 0 Å². The highest BCUT2D eigenvalue weighted by molar-refractivity contribution is 9.10. The average molecular weight is 356 g/mol. The number of hydrogen-bond acceptors (Lipinski definition) is 3. The summed E-state index contributed by atoms with van der Waals surface area (Å²) < 4.78 is 16.1. The van der Waals surface area contributed by atoms with Gasteiger partial charge in [-0.05, 0) is 37.5 Å². The molecule has 1 aliphatic carbocycles. The topological polar surface area (TPSA) is 30.7 Å².